The van der Waals surface area contributed by atoms with E-state index < -0.39 is 4.92 Å². The molecule has 0 spiro atoms. The quantitative estimate of drug-likeness (QED) is 0.615. The second kappa shape index (κ2) is 3.98. The molecule has 1 heterocycles. The van der Waals surface area contributed by atoms with Crippen molar-refractivity contribution in [2.75, 3.05) is 5.73 Å². The lowest BCUT2D eigenvalue weighted by atomic mass is 10.1. The Kier molecular flexibility index (Phi) is 2.51. The molecule has 5 nitrogen and oxygen atoms in total. The third-order valence-electron chi connectivity index (χ3n) is 2.17. The van der Waals surface area contributed by atoms with E-state index in [1.165, 1.54) is 6.07 Å². The summed E-state index contributed by atoms with van der Waals surface area (Å²) in [6, 6.07) is 12.3. The third kappa shape index (κ3) is 1.83. The topological polar surface area (TPSA) is 82.0 Å². The fraction of sp³-hybridized carbons (Fsp3) is 0. The first-order chi connectivity index (χ1) is 7.68. The van der Waals surface area contributed by atoms with Crippen LogP contribution >= 0.6 is 0 Å². The van der Waals surface area contributed by atoms with E-state index >= 15 is 0 Å². The van der Waals surface area contributed by atoms with Crippen LogP contribution in [0.5, 0.6) is 0 Å². The lowest BCUT2D eigenvalue weighted by molar-refractivity contribution is -0.384. The van der Waals surface area contributed by atoms with Crippen LogP contribution in [-0.4, -0.2) is 9.91 Å². The molecule has 2 N–H and O–H groups in total. The number of nitrogens with zero attached hydrogens (tertiary/aromatic N) is 2. The SMILES string of the molecule is Nc1nc(-c2ccccc2)ccc1[N+](=O)[O-]. The van der Waals surface area contributed by atoms with Gasteiger partial charge in [-0.15, -0.1) is 0 Å². The maximum atomic E-state index is 10.6. The van der Waals surface area contributed by atoms with E-state index in [0.29, 0.717) is 5.69 Å². The number of pyridine rings is 1. The highest BCUT2D eigenvalue weighted by Gasteiger charge is 2.13. The number of nitrogen functional groups attached to an aromatic ring is 1. The Morgan fingerprint density at radius 1 is 1.12 bits per heavy atom. The fourth-order valence-corrected chi connectivity index (χ4v) is 1.39. The number of nitro groups is 1. The predicted molar refractivity (Wildman–Crippen MR) is 60.7 cm³/mol. The molecule has 1 aromatic carbocycles. The number of aromatic nitrogens is 1. The van der Waals surface area contributed by atoms with Crippen molar-refractivity contribution in [1.29, 1.82) is 0 Å². The Hall–Kier alpha value is -2.43. The summed E-state index contributed by atoms with van der Waals surface area (Å²) in [5.41, 5.74) is 6.85. The summed E-state index contributed by atoms with van der Waals surface area (Å²) in [7, 11) is 0. The number of nitrogens with two attached hydrogens (primary N) is 1. The van der Waals surface area contributed by atoms with Crippen LogP contribution in [0.1, 0.15) is 0 Å². The molecule has 0 radical (unpaired) electrons. The van der Waals surface area contributed by atoms with E-state index in [9.17, 15) is 10.1 Å². The molecular formula is C11H9N3O2. The summed E-state index contributed by atoms with van der Waals surface area (Å²) in [4.78, 5) is 14.0. The van der Waals surface area contributed by atoms with Crippen molar-refractivity contribution < 1.29 is 4.92 Å². The molecule has 0 fully saturated rings. The highest BCUT2D eigenvalue weighted by molar-refractivity contribution is 5.65. The standard InChI is InChI=1S/C11H9N3O2/c12-11-10(14(15)16)7-6-9(13-11)8-4-2-1-3-5-8/h1-7H,(H2,12,13). The van der Waals surface area contributed by atoms with Crippen LogP contribution in [0.2, 0.25) is 0 Å². The first kappa shape index (κ1) is 10.1. The van der Waals surface area contributed by atoms with Gasteiger partial charge in [0.15, 0.2) is 0 Å². The smallest absolute Gasteiger partial charge is 0.311 e. The van der Waals surface area contributed by atoms with E-state index in [4.69, 9.17) is 5.73 Å². The first-order valence-electron chi connectivity index (χ1n) is 4.65. The van der Waals surface area contributed by atoms with Gasteiger partial charge in [0.1, 0.15) is 0 Å². The summed E-state index contributed by atoms with van der Waals surface area (Å²) in [5, 5.41) is 10.6. The average Bonchev–Trinajstić information content (AvgIpc) is 2.29. The molecule has 2 rings (SSSR count). The zero-order chi connectivity index (χ0) is 11.5. The van der Waals surface area contributed by atoms with E-state index in [-0.39, 0.29) is 11.5 Å². The van der Waals surface area contributed by atoms with Crippen LogP contribution in [0.25, 0.3) is 11.3 Å². The summed E-state index contributed by atoms with van der Waals surface area (Å²) < 4.78 is 0. The van der Waals surface area contributed by atoms with Gasteiger partial charge in [-0.25, -0.2) is 4.98 Å². The number of anilines is 1. The fourth-order valence-electron chi connectivity index (χ4n) is 1.39. The maximum Gasteiger partial charge on any atom is 0.311 e. The second-order valence-corrected chi connectivity index (χ2v) is 3.22. The van der Waals surface area contributed by atoms with Crippen molar-refractivity contribution in [2.45, 2.75) is 0 Å². The molecule has 80 valence electrons. The molecule has 0 amide bonds. The van der Waals surface area contributed by atoms with Crippen molar-refractivity contribution in [3.05, 3.63) is 52.6 Å². The molecule has 0 aliphatic heterocycles. The van der Waals surface area contributed by atoms with Crippen molar-refractivity contribution in [3.63, 3.8) is 0 Å². The highest BCUT2D eigenvalue weighted by Crippen LogP contribution is 2.24. The summed E-state index contributed by atoms with van der Waals surface area (Å²) in [5.74, 6) is -0.0636. The van der Waals surface area contributed by atoms with Crippen LogP contribution in [0.15, 0.2) is 42.5 Å². The molecule has 0 bridgehead atoms. The summed E-state index contributed by atoms with van der Waals surface area (Å²) in [6.45, 7) is 0. The summed E-state index contributed by atoms with van der Waals surface area (Å²) >= 11 is 0. The van der Waals surface area contributed by atoms with E-state index in [2.05, 4.69) is 4.98 Å². The van der Waals surface area contributed by atoms with Crippen LogP contribution in [0.4, 0.5) is 11.5 Å². The van der Waals surface area contributed by atoms with Crippen molar-refractivity contribution in [1.82, 2.24) is 4.98 Å². The minimum absolute atomic E-state index is 0.0636. The Bertz CT molecular complexity index is 526. The van der Waals surface area contributed by atoms with Gasteiger partial charge >= 0.3 is 5.69 Å². The monoisotopic (exact) mass is 215 g/mol. The largest absolute Gasteiger partial charge is 0.378 e. The Morgan fingerprint density at radius 3 is 2.38 bits per heavy atom. The maximum absolute atomic E-state index is 10.6. The molecule has 0 aliphatic rings. The van der Waals surface area contributed by atoms with Gasteiger partial charge in [-0.05, 0) is 6.07 Å². The molecule has 1 aromatic heterocycles. The molecular weight excluding hydrogens is 206 g/mol. The third-order valence-corrected chi connectivity index (χ3v) is 2.17. The normalized spacial score (nSPS) is 10.0. The van der Waals surface area contributed by atoms with Gasteiger partial charge in [0.2, 0.25) is 5.82 Å². The van der Waals surface area contributed by atoms with Crippen LogP contribution in [0, 0.1) is 10.1 Å². The molecule has 0 aliphatic carbocycles. The Balaban J connectivity index is 2.46. The van der Waals surface area contributed by atoms with E-state index in [0.717, 1.165) is 5.56 Å². The van der Waals surface area contributed by atoms with Crippen molar-refractivity contribution >= 4 is 11.5 Å². The molecule has 16 heavy (non-hydrogen) atoms. The molecule has 0 unspecified atom stereocenters. The van der Waals surface area contributed by atoms with Crippen LogP contribution < -0.4 is 5.73 Å². The first-order valence-corrected chi connectivity index (χ1v) is 4.65. The van der Waals surface area contributed by atoms with Crippen molar-refractivity contribution in [3.8, 4) is 11.3 Å². The van der Waals surface area contributed by atoms with Gasteiger partial charge in [-0.3, -0.25) is 10.1 Å². The predicted octanol–water partition coefficient (Wildman–Crippen LogP) is 2.24. The molecule has 5 heteroatoms. The van der Waals surface area contributed by atoms with Crippen molar-refractivity contribution in [2.24, 2.45) is 0 Å². The minimum atomic E-state index is -0.545. The van der Waals surface area contributed by atoms with Gasteiger partial charge in [-0.1, -0.05) is 30.3 Å². The van der Waals surface area contributed by atoms with E-state index in [1.54, 1.807) is 6.07 Å². The van der Waals surface area contributed by atoms with Gasteiger partial charge in [0.25, 0.3) is 0 Å². The molecule has 0 atom stereocenters. The highest BCUT2D eigenvalue weighted by atomic mass is 16.6. The second-order valence-electron chi connectivity index (χ2n) is 3.22. The van der Waals surface area contributed by atoms with Gasteiger partial charge in [0.05, 0.1) is 10.6 Å². The average molecular weight is 215 g/mol. The molecule has 2 aromatic rings. The van der Waals surface area contributed by atoms with Gasteiger partial charge in [-0.2, -0.15) is 0 Å². The lowest BCUT2D eigenvalue weighted by Gasteiger charge is -2.01. The Morgan fingerprint density at radius 2 is 1.81 bits per heavy atom. The molecule has 0 saturated heterocycles. The van der Waals surface area contributed by atoms with Gasteiger partial charge in [0, 0.05) is 11.6 Å². The minimum Gasteiger partial charge on any atom is -0.378 e. The Labute approximate surface area is 91.7 Å². The van der Waals surface area contributed by atoms with Crippen LogP contribution in [-0.2, 0) is 0 Å². The van der Waals surface area contributed by atoms with Crippen LogP contribution in [0.3, 0.4) is 0 Å². The number of hydrogen-bond acceptors (Lipinski definition) is 4. The summed E-state index contributed by atoms with van der Waals surface area (Å²) in [6.07, 6.45) is 0. The number of rotatable bonds is 2. The number of benzene rings is 1. The molecule has 0 saturated carbocycles. The lowest BCUT2D eigenvalue weighted by Crippen LogP contribution is -1.99. The van der Waals surface area contributed by atoms with E-state index in [1.807, 2.05) is 30.3 Å². The number of hydrogen-bond donors (Lipinski definition) is 1. The zero-order valence-electron chi connectivity index (χ0n) is 8.33. The zero-order valence-corrected chi connectivity index (χ0v) is 8.33. The van der Waals surface area contributed by atoms with Gasteiger partial charge < -0.3 is 5.73 Å².